The van der Waals surface area contributed by atoms with Crippen molar-refractivity contribution >= 4 is 29.2 Å². The molecule has 0 heterocycles. The minimum Gasteiger partial charge on any atom is -0.481 e. The number of aliphatic carboxylic acids is 1. The van der Waals surface area contributed by atoms with Gasteiger partial charge in [-0.3, -0.25) is 9.59 Å². The van der Waals surface area contributed by atoms with E-state index in [1.165, 1.54) is 12.1 Å². The summed E-state index contributed by atoms with van der Waals surface area (Å²) >= 11 is 6.10. The standard InChI is InChI=1S/C19H16ClF2NO3/c20-15-6-2-1-4-11(15)12-5-3-7-16(17(12)22)23-18(24)13-8-10(21)9-14(13)19(25)26/h1-7,10,13-14H,8-9H2,(H,23,24)(H,25,26). The Labute approximate surface area is 153 Å². The molecule has 136 valence electrons. The first-order valence-corrected chi connectivity index (χ1v) is 8.47. The molecule has 7 heteroatoms. The number of alkyl halides is 1. The first-order valence-electron chi connectivity index (χ1n) is 8.09. The summed E-state index contributed by atoms with van der Waals surface area (Å²) in [5.41, 5.74) is 0.577. The number of halogens is 3. The molecule has 0 saturated heterocycles. The van der Waals surface area contributed by atoms with Crippen LogP contribution in [-0.4, -0.2) is 23.2 Å². The number of amides is 1. The van der Waals surface area contributed by atoms with Crippen LogP contribution in [0.4, 0.5) is 14.5 Å². The molecule has 0 aromatic heterocycles. The fourth-order valence-electron chi connectivity index (χ4n) is 3.28. The number of anilines is 1. The minimum absolute atomic E-state index is 0.0983. The molecule has 26 heavy (non-hydrogen) atoms. The first-order chi connectivity index (χ1) is 12.4. The molecule has 3 rings (SSSR count). The average Bonchev–Trinajstić information content (AvgIpc) is 3.00. The second kappa shape index (κ2) is 7.41. The quantitative estimate of drug-likeness (QED) is 0.820. The average molecular weight is 380 g/mol. The van der Waals surface area contributed by atoms with E-state index >= 15 is 0 Å². The highest BCUT2D eigenvalue weighted by molar-refractivity contribution is 6.33. The van der Waals surface area contributed by atoms with E-state index in [9.17, 15) is 18.4 Å². The Hall–Kier alpha value is -2.47. The van der Waals surface area contributed by atoms with Gasteiger partial charge in [-0.2, -0.15) is 0 Å². The highest BCUT2D eigenvalue weighted by Crippen LogP contribution is 2.36. The molecule has 3 atom stereocenters. The maximum atomic E-state index is 14.9. The lowest BCUT2D eigenvalue weighted by Gasteiger charge is -2.16. The maximum absolute atomic E-state index is 14.9. The Balaban J connectivity index is 1.87. The smallest absolute Gasteiger partial charge is 0.307 e. The zero-order valence-electron chi connectivity index (χ0n) is 13.6. The predicted molar refractivity (Wildman–Crippen MR) is 94.2 cm³/mol. The maximum Gasteiger partial charge on any atom is 0.307 e. The summed E-state index contributed by atoms with van der Waals surface area (Å²) in [6.45, 7) is 0. The van der Waals surface area contributed by atoms with Crippen LogP contribution < -0.4 is 5.32 Å². The van der Waals surface area contributed by atoms with Gasteiger partial charge >= 0.3 is 5.97 Å². The van der Waals surface area contributed by atoms with Crippen molar-refractivity contribution < 1.29 is 23.5 Å². The molecule has 1 amide bonds. The zero-order valence-corrected chi connectivity index (χ0v) is 14.3. The van der Waals surface area contributed by atoms with Gasteiger partial charge in [-0.1, -0.05) is 41.9 Å². The van der Waals surface area contributed by atoms with Crippen LogP contribution in [0, 0.1) is 17.7 Å². The van der Waals surface area contributed by atoms with Gasteiger partial charge in [0.2, 0.25) is 5.91 Å². The molecule has 2 N–H and O–H groups in total. The van der Waals surface area contributed by atoms with Crippen LogP contribution in [0.15, 0.2) is 42.5 Å². The normalized spacial score (nSPS) is 22.2. The van der Waals surface area contributed by atoms with Gasteiger partial charge < -0.3 is 10.4 Å². The van der Waals surface area contributed by atoms with Gasteiger partial charge in [0.1, 0.15) is 6.17 Å². The van der Waals surface area contributed by atoms with Crippen molar-refractivity contribution in [1.82, 2.24) is 0 Å². The molecule has 1 saturated carbocycles. The molecule has 0 spiro atoms. The number of hydrogen-bond donors (Lipinski definition) is 2. The molecule has 2 aromatic carbocycles. The van der Waals surface area contributed by atoms with Gasteiger partial charge in [0.15, 0.2) is 5.82 Å². The summed E-state index contributed by atoms with van der Waals surface area (Å²) in [5.74, 6) is -4.76. The van der Waals surface area contributed by atoms with Gasteiger partial charge in [0.25, 0.3) is 0 Å². The van der Waals surface area contributed by atoms with E-state index in [1.54, 1.807) is 30.3 Å². The zero-order chi connectivity index (χ0) is 18.8. The van der Waals surface area contributed by atoms with Crippen LogP contribution >= 0.6 is 11.6 Å². The Morgan fingerprint density at radius 2 is 1.69 bits per heavy atom. The van der Waals surface area contributed by atoms with Crippen LogP contribution in [0.1, 0.15) is 12.8 Å². The van der Waals surface area contributed by atoms with Crippen LogP contribution in [-0.2, 0) is 9.59 Å². The molecule has 0 aliphatic heterocycles. The van der Waals surface area contributed by atoms with E-state index in [2.05, 4.69) is 5.32 Å². The minimum atomic E-state index is -1.36. The molecular formula is C19H16ClF2NO3. The highest BCUT2D eigenvalue weighted by Gasteiger charge is 2.43. The molecule has 1 fully saturated rings. The number of nitrogens with one attached hydrogen (secondary N) is 1. The number of rotatable bonds is 4. The molecule has 4 nitrogen and oxygen atoms in total. The number of carboxylic acids is 1. The van der Waals surface area contributed by atoms with E-state index in [0.29, 0.717) is 10.6 Å². The molecule has 0 radical (unpaired) electrons. The number of carboxylic acid groups (broad SMARTS) is 1. The lowest BCUT2D eigenvalue weighted by Crippen LogP contribution is -2.30. The summed E-state index contributed by atoms with van der Waals surface area (Å²) in [4.78, 5) is 23.6. The first kappa shape index (κ1) is 18.3. The number of carbonyl (C=O) groups excluding carboxylic acids is 1. The predicted octanol–water partition coefficient (Wildman–Crippen LogP) is 4.53. The Morgan fingerprint density at radius 1 is 1.04 bits per heavy atom. The molecule has 3 unspecified atom stereocenters. The van der Waals surface area contributed by atoms with Crippen molar-refractivity contribution in [3.8, 4) is 11.1 Å². The van der Waals surface area contributed by atoms with E-state index in [-0.39, 0.29) is 24.1 Å². The second-order valence-corrected chi connectivity index (χ2v) is 6.66. The fraction of sp³-hybridized carbons (Fsp3) is 0.263. The number of benzene rings is 2. The second-order valence-electron chi connectivity index (χ2n) is 6.26. The topological polar surface area (TPSA) is 66.4 Å². The van der Waals surface area contributed by atoms with Crippen molar-refractivity contribution in [1.29, 1.82) is 0 Å². The highest BCUT2D eigenvalue weighted by atomic mass is 35.5. The van der Waals surface area contributed by atoms with E-state index in [0.717, 1.165) is 0 Å². The Kier molecular flexibility index (Phi) is 5.23. The summed E-state index contributed by atoms with van der Waals surface area (Å²) in [7, 11) is 0. The molecule has 2 aromatic rings. The molecule has 1 aliphatic rings. The van der Waals surface area contributed by atoms with Crippen molar-refractivity contribution in [3.63, 3.8) is 0 Å². The number of hydrogen-bond acceptors (Lipinski definition) is 2. The van der Waals surface area contributed by atoms with E-state index in [4.69, 9.17) is 16.7 Å². The molecule has 1 aliphatic carbocycles. The van der Waals surface area contributed by atoms with Crippen molar-refractivity contribution in [2.45, 2.75) is 19.0 Å². The molecular weight excluding hydrogens is 364 g/mol. The SMILES string of the molecule is O=C(O)C1CC(F)CC1C(=O)Nc1cccc(-c2ccccc2Cl)c1F. The van der Waals surface area contributed by atoms with Gasteiger partial charge in [0, 0.05) is 16.1 Å². The van der Waals surface area contributed by atoms with Gasteiger partial charge in [-0.15, -0.1) is 0 Å². The third-order valence-corrected chi connectivity index (χ3v) is 4.91. The molecule has 0 bridgehead atoms. The largest absolute Gasteiger partial charge is 0.481 e. The third-order valence-electron chi connectivity index (χ3n) is 4.58. The van der Waals surface area contributed by atoms with Crippen LogP contribution in [0.5, 0.6) is 0 Å². The van der Waals surface area contributed by atoms with Gasteiger partial charge in [0.05, 0.1) is 17.5 Å². The van der Waals surface area contributed by atoms with Gasteiger partial charge in [-0.25, -0.2) is 8.78 Å². The lowest BCUT2D eigenvalue weighted by atomic mass is 9.95. The monoisotopic (exact) mass is 379 g/mol. The van der Waals surface area contributed by atoms with Crippen LogP contribution in [0.3, 0.4) is 0 Å². The summed E-state index contributed by atoms with van der Waals surface area (Å²) < 4.78 is 28.4. The lowest BCUT2D eigenvalue weighted by molar-refractivity contribution is -0.145. The third kappa shape index (κ3) is 3.55. The van der Waals surface area contributed by atoms with Crippen molar-refractivity contribution in [3.05, 3.63) is 53.3 Å². The summed E-state index contributed by atoms with van der Waals surface area (Å²) in [5, 5.41) is 11.9. The van der Waals surface area contributed by atoms with Gasteiger partial charge in [-0.05, 0) is 25.0 Å². The van der Waals surface area contributed by atoms with Crippen molar-refractivity contribution in [2.75, 3.05) is 5.32 Å². The summed E-state index contributed by atoms with van der Waals surface area (Å²) in [6.07, 6.45) is -1.75. The van der Waals surface area contributed by atoms with E-state index in [1.807, 2.05) is 0 Å². The van der Waals surface area contributed by atoms with E-state index < -0.39 is 35.7 Å². The van der Waals surface area contributed by atoms with Crippen LogP contribution in [0.2, 0.25) is 5.02 Å². The summed E-state index contributed by atoms with van der Waals surface area (Å²) in [6, 6.07) is 11.2. The number of carbonyl (C=O) groups is 2. The van der Waals surface area contributed by atoms with Crippen molar-refractivity contribution in [2.24, 2.45) is 11.8 Å². The Morgan fingerprint density at radius 3 is 2.38 bits per heavy atom. The fourth-order valence-corrected chi connectivity index (χ4v) is 3.52. The Bertz CT molecular complexity index is 858. The van der Waals surface area contributed by atoms with Crippen LogP contribution in [0.25, 0.3) is 11.1 Å².